The van der Waals surface area contributed by atoms with E-state index >= 15 is 0 Å². The Morgan fingerprint density at radius 3 is 2.78 bits per heavy atom. The van der Waals surface area contributed by atoms with Crippen molar-refractivity contribution in [3.8, 4) is 11.5 Å². The average molecular weight is 312 g/mol. The molecular formula is C18H20N2O3. The molecule has 0 fully saturated rings. The van der Waals surface area contributed by atoms with E-state index in [-0.39, 0.29) is 12.5 Å². The molecule has 0 radical (unpaired) electrons. The van der Waals surface area contributed by atoms with Crippen molar-refractivity contribution in [3.63, 3.8) is 0 Å². The molecule has 5 heteroatoms. The fourth-order valence-electron chi connectivity index (χ4n) is 2.04. The van der Waals surface area contributed by atoms with Crippen LogP contribution in [0.15, 0.2) is 47.6 Å². The fourth-order valence-corrected chi connectivity index (χ4v) is 2.04. The normalized spacial score (nSPS) is 10.6. The van der Waals surface area contributed by atoms with E-state index in [1.54, 1.807) is 13.3 Å². The minimum atomic E-state index is -0.316. The van der Waals surface area contributed by atoms with Crippen LogP contribution in [0.2, 0.25) is 0 Å². The molecule has 1 N–H and O–H groups in total. The minimum Gasteiger partial charge on any atom is -0.497 e. The Labute approximate surface area is 135 Å². The lowest BCUT2D eigenvalue weighted by Gasteiger charge is -2.08. The molecule has 0 saturated heterocycles. The lowest BCUT2D eigenvalue weighted by Crippen LogP contribution is -2.24. The van der Waals surface area contributed by atoms with E-state index in [4.69, 9.17) is 9.47 Å². The van der Waals surface area contributed by atoms with Crippen molar-refractivity contribution in [2.45, 2.75) is 13.8 Å². The van der Waals surface area contributed by atoms with Crippen LogP contribution in [0.3, 0.4) is 0 Å². The maximum absolute atomic E-state index is 11.7. The van der Waals surface area contributed by atoms with Gasteiger partial charge in [-0.3, -0.25) is 4.79 Å². The molecule has 23 heavy (non-hydrogen) atoms. The van der Waals surface area contributed by atoms with E-state index in [0.29, 0.717) is 5.75 Å². The Hall–Kier alpha value is -2.82. The number of hydrogen-bond donors (Lipinski definition) is 1. The SMILES string of the molecule is COc1cccc(C=NNC(=O)COc2ccc(C)cc2C)c1. The Kier molecular flexibility index (Phi) is 5.74. The summed E-state index contributed by atoms with van der Waals surface area (Å²) >= 11 is 0. The monoisotopic (exact) mass is 312 g/mol. The molecule has 0 spiro atoms. The summed E-state index contributed by atoms with van der Waals surface area (Å²) in [5.74, 6) is 1.12. The first kappa shape index (κ1) is 16.5. The number of rotatable bonds is 6. The molecule has 0 saturated carbocycles. The quantitative estimate of drug-likeness (QED) is 0.659. The van der Waals surface area contributed by atoms with Crippen molar-refractivity contribution in [1.82, 2.24) is 5.43 Å². The maximum Gasteiger partial charge on any atom is 0.277 e. The third-order valence-electron chi connectivity index (χ3n) is 3.19. The fraction of sp³-hybridized carbons (Fsp3) is 0.222. The van der Waals surface area contributed by atoms with Crippen molar-refractivity contribution in [1.29, 1.82) is 0 Å². The standard InChI is InChI=1S/C18H20N2O3/c1-13-7-8-17(14(2)9-13)23-12-18(21)20-19-11-15-5-4-6-16(10-15)22-3/h4-11H,12H2,1-3H3,(H,20,21). The summed E-state index contributed by atoms with van der Waals surface area (Å²) in [6.45, 7) is 3.87. The Morgan fingerprint density at radius 2 is 2.04 bits per heavy atom. The number of benzene rings is 2. The highest BCUT2D eigenvalue weighted by Gasteiger charge is 2.04. The Bertz CT molecular complexity index is 711. The summed E-state index contributed by atoms with van der Waals surface area (Å²) in [6.07, 6.45) is 1.55. The van der Waals surface area contributed by atoms with Gasteiger partial charge in [-0.2, -0.15) is 5.10 Å². The number of hydrogen-bond acceptors (Lipinski definition) is 4. The van der Waals surface area contributed by atoms with Crippen LogP contribution >= 0.6 is 0 Å². The van der Waals surface area contributed by atoms with E-state index in [1.807, 2.05) is 56.3 Å². The number of carbonyl (C=O) groups is 1. The largest absolute Gasteiger partial charge is 0.497 e. The molecule has 5 nitrogen and oxygen atoms in total. The van der Waals surface area contributed by atoms with Gasteiger partial charge in [0.05, 0.1) is 13.3 Å². The summed E-state index contributed by atoms with van der Waals surface area (Å²) < 4.78 is 10.6. The Balaban J connectivity index is 1.83. The summed E-state index contributed by atoms with van der Waals surface area (Å²) in [6, 6.07) is 13.2. The predicted octanol–water partition coefficient (Wildman–Crippen LogP) is 2.84. The van der Waals surface area contributed by atoms with Gasteiger partial charge in [0.2, 0.25) is 0 Å². The van der Waals surface area contributed by atoms with Gasteiger partial charge < -0.3 is 9.47 Å². The lowest BCUT2D eigenvalue weighted by molar-refractivity contribution is -0.123. The zero-order valence-electron chi connectivity index (χ0n) is 13.5. The average Bonchev–Trinajstić information content (AvgIpc) is 2.54. The van der Waals surface area contributed by atoms with Crippen molar-refractivity contribution in [2.24, 2.45) is 5.10 Å². The summed E-state index contributed by atoms with van der Waals surface area (Å²) in [5, 5.41) is 3.91. The topological polar surface area (TPSA) is 59.9 Å². The molecule has 0 aliphatic carbocycles. The van der Waals surface area contributed by atoms with Gasteiger partial charge in [0, 0.05) is 0 Å². The van der Waals surface area contributed by atoms with Crippen LogP contribution in [-0.4, -0.2) is 25.8 Å². The molecule has 0 aliphatic heterocycles. The molecule has 0 heterocycles. The van der Waals surface area contributed by atoms with Gasteiger partial charge in [-0.15, -0.1) is 0 Å². The third kappa shape index (κ3) is 5.14. The van der Waals surface area contributed by atoms with Gasteiger partial charge in [-0.1, -0.05) is 29.8 Å². The first-order valence-corrected chi connectivity index (χ1v) is 7.24. The number of ether oxygens (including phenoxy) is 2. The van der Waals surface area contributed by atoms with Crippen molar-refractivity contribution in [3.05, 3.63) is 59.2 Å². The van der Waals surface area contributed by atoms with Gasteiger partial charge in [-0.05, 0) is 43.2 Å². The van der Waals surface area contributed by atoms with E-state index in [0.717, 1.165) is 22.4 Å². The zero-order valence-corrected chi connectivity index (χ0v) is 13.5. The third-order valence-corrected chi connectivity index (χ3v) is 3.19. The Morgan fingerprint density at radius 1 is 1.22 bits per heavy atom. The van der Waals surface area contributed by atoms with Crippen LogP contribution in [0.5, 0.6) is 11.5 Å². The zero-order chi connectivity index (χ0) is 16.7. The summed E-state index contributed by atoms with van der Waals surface area (Å²) in [4.78, 5) is 11.7. The van der Waals surface area contributed by atoms with Crippen molar-refractivity contribution < 1.29 is 14.3 Å². The number of aryl methyl sites for hydroxylation is 2. The summed E-state index contributed by atoms with van der Waals surface area (Å²) in [7, 11) is 1.60. The molecule has 2 aromatic rings. The first-order valence-electron chi connectivity index (χ1n) is 7.24. The number of nitrogens with one attached hydrogen (secondary N) is 1. The molecule has 0 unspecified atom stereocenters. The summed E-state index contributed by atoms with van der Waals surface area (Å²) in [5.41, 5.74) is 5.42. The first-order chi connectivity index (χ1) is 11.1. The van der Waals surface area contributed by atoms with Gasteiger partial charge in [-0.25, -0.2) is 5.43 Å². The lowest BCUT2D eigenvalue weighted by atomic mass is 10.1. The van der Waals surface area contributed by atoms with E-state index in [1.165, 1.54) is 0 Å². The van der Waals surface area contributed by atoms with Crippen molar-refractivity contribution in [2.75, 3.05) is 13.7 Å². The highest BCUT2D eigenvalue weighted by molar-refractivity contribution is 5.83. The van der Waals surface area contributed by atoms with Gasteiger partial charge in [0.15, 0.2) is 6.61 Å². The molecule has 0 aromatic heterocycles. The molecule has 0 aliphatic rings. The highest BCUT2D eigenvalue weighted by Crippen LogP contribution is 2.18. The van der Waals surface area contributed by atoms with Gasteiger partial charge >= 0.3 is 0 Å². The second-order valence-corrected chi connectivity index (χ2v) is 5.13. The molecule has 2 aromatic carbocycles. The van der Waals surface area contributed by atoms with Crippen LogP contribution in [0, 0.1) is 13.8 Å². The van der Waals surface area contributed by atoms with Gasteiger partial charge in [0.25, 0.3) is 5.91 Å². The van der Waals surface area contributed by atoms with Crippen molar-refractivity contribution >= 4 is 12.1 Å². The highest BCUT2D eigenvalue weighted by atomic mass is 16.5. The molecule has 1 amide bonds. The maximum atomic E-state index is 11.7. The van der Waals surface area contributed by atoms with Crippen LogP contribution in [0.4, 0.5) is 0 Å². The second kappa shape index (κ2) is 7.98. The second-order valence-electron chi connectivity index (χ2n) is 5.13. The minimum absolute atomic E-state index is 0.0840. The molecule has 0 bridgehead atoms. The number of carbonyl (C=O) groups excluding carboxylic acids is 1. The predicted molar refractivity (Wildman–Crippen MR) is 90.1 cm³/mol. The number of nitrogens with zero attached hydrogens (tertiary/aromatic N) is 1. The van der Waals surface area contributed by atoms with Crippen LogP contribution in [0.25, 0.3) is 0 Å². The molecule has 120 valence electrons. The molecule has 0 atom stereocenters. The number of amides is 1. The molecule has 2 rings (SSSR count). The smallest absolute Gasteiger partial charge is 0.277 e. The number of hydrazone groups is 1. The van der Waals surface area contributed by atoms with E-state index in [9.17, 15) is 4.79 Å². The van der Waals surface area contributed by atoms with Gasteiger partial charge in [0.1, 0.15) is 11.5 Å². The number of methoxy groups -OCH3 is 1. The van der Waals surface area contributed by atoms with E-state index < -0.39 is 0 Å². The van der Waals surface area contributed by atoms with Crippen LogP contribution in [-0.2, 0) is 4.79 Å². The van der Waals surface area contributed by atoms with Crippen LogP contribution < -0.4 is 14.9 Å². The molecular weight excluding hydrogens is 292 g/mol. The van der Waals surface area contributed by atoms with E-state index in [2.05, 4.69) is 10.5 Å². The van der Waals surface area contributed by atoms with Crippen LogP contribution in [0.1, 0.15) is 16.7 Å².